The van der Waals surface area contributed by atoms with E-state index in [-0.39, 0.29) is 22.5 Å². The maximum atomic E-state index is 13.3. The monoisotopic (exact) mass is 501 g/mol. The molecular formula is C27H27N5O3S. The minimum absolute atomic E-state index is 0.00759. The van der Waals surface area contributed by atoms with Crippen LogP contribution in [0.1, 0.15) is 37.7 Å². The molecule has 0 bridgehead atoms. The van der Waals surface area contributed by atoms with Gasteiger partial charge in [0.05, 0.1) is 16.3 Å². The van der Waals surface area contributed by atoms with Gasteiger partial charge in [-0.25, -0.2) is 13.4 Å². The van der Waals surface area contributed by atoms with Crippen molar-refractivity contribution >= 4 is 38.3 Å². The zero-order chi connectivity index (χ0) is 25.1. The number of benzene rings is 1. The van der Waals surface area contributed by atoms with Gasteiger partial charge < -0.3 is 5.32 Å². The van der Waals surface area contributed by atoms with E-state index >= 15 is 0 Å². The first-order valence-corrected chi connectivity index (χ1v) is 13.5. The van der Waals surface area contributed by atoms with Gasteiger partial charge >= 0.3 is 0 Å². The summed E-state index contributed by atoms with van der Waals surface area (Å²) >= 11 is 0. The third kappa shape index (κ3) is 5.06. The number of hydrogen-bond acceptors (Lipinski definition) is 6. The van der Waals surface area contributed by atoms with Crippen molar-refractivity contribution in [2.75, 3.05) is 10.0 Å². The minimum atomic E-state index is -3.97. The SMILES string of the molecule is Cc1cccnc1-c1cc2cccnc2c(NS(=O)(=O)c2ccc(NC(=O)C3CCCCC3)cc2)n1. The van der Waals surface area contributed by atoms with Crippen LogP contribution in [0.2, 0.25) is 0 Å². The van der Waals surface area contributed by atoms with E-state index in [9.17, 15) is 13.2 Å². The molecule has 1 fully saturated rings. The molecule has 1 aromatic carbocycles. The highest BCUT2D eigenvalue weighted by atomic mass is 32.2. The Hall–Kier alpha value is -3.85. The van der Waals surface area contributed by atoms with E-state index in [1.54, 1.807) is 30.6 Å². The molecule has 5 rings (SSSR count). The maximum absolute atomic E-state index is 13.3. The average molecular weight is 502 g/mol. The van der Waals surface area contributed by atoms with E-state index in [1.807, 2.05) is 31.2 Å². The Morgan fingerprint density at radius 2 is 1.67 bits per heavy atom. The predicted octanol–water partition coefficient (Wildman–Crippen LogP) is 5.32. The van der Waals surface area contributed by atoms with E-state index in [4.69, 9.17) is 0 Å². The van der Waals surface area contributed by atoms with Gasteiger partial charge in [-0.3, -0.25) is 19.5 Å². The number of nitrogens with zero attached hydrogens (tertiary/aromatic N) is 3. The molecule has 8 nitrogen and oxygen atoms in total. The minimum Gasteiger partial charge on any atom is -0.326 e. The van der Waals surface area contributed by atoms with Gasteiger partial charge in [0.1, 0.15) is 5.52 Å². The smallest absolute Gasteiger partial charge is 0.263 e. The molecule has 0 aliphatic heterocycles. The fourth-order valence-electron chi connectivity index (χ4n) is 4.54. The molecule has 36 heavy (non-hydrogen) atoms. The Bertz CT molecular complexity index is 1510. The number of carbonyl (C=O) groups excluding carboxylic acids is 1. The van der Waals surface area contributed by atoms with Gasteiger partial charge in [0.25, 0.3) is 10.0 Å². The number of aryl methyl sites for hydroxylation is 1. The average Bonchev–Trinajstić information content (AvgIpc) is 2.89. The second-order valence-electron chi connectivity index (χ2n) is 9.05. The van der Waals surface area contributed by atoms with Crippen LogP contribution in [-0.2, 0) is 14.8 Å². The molecule has 9 heteroatoms. The van der Waals surface area contributed by atoms with Gasteiger partial charge in [0, 0.05) is 29.4 Å². The van der Waals surface area contributed by atoms with Crippen molar-refractivity contribution in [1.29, 1.82) is 0 Å². The summed E-state index contributed by atoms with van der Waals surface area (Å²) in [6.07, 6.45) is 8.38. The van der Waals surface area contributed by atoms with Crippen molar-refractivity contribution < 1.29 is 13.2 Å². The first-order chi connectivity index (χ1) is 17.4. The number of sulfonamides is 1. The van der Waals surface area contributed by atoms with Crippen LogP contribution in [0.15, 0.2) is 71.9 Å². The first kappa shape index (κ1) is 23.9. The van der Waals surface area contributed by atoms with Crippen molar-refractivity contribution in [3.05, 3.63) is 72.6 Å². The molecule has 4 aromatic rings. The summed E-state index contributed by atoms with van der Waals surface area (Å²) in [5.41, 5.74) is 3.15. The number of rotatable bonds is 6. The topological polar surface area (TPSA) is 114 Å². The highest BCUT2D eigenvalue weighted by Crippen LogP contribution is 2.29. The fraction of sp³-hybridized carbons (Fsp3) is 0.259. The van der Waals surface area contributed by atoms with E-state index in [1.165, 1.54) is 18.6 Å². The Kier molecular flexibility index (Phi) is 6.65. The summed E-state index contributed by atoms with van der Waals surface area (Å²) in [5, 5.41) is 3.65. The molecule has 184 valence electrons. The van der Waals surface area contributed by atoms with Crippen molar-refractivity contribution in [2.24, 2.45) is 5.92 Å². The number of amides is 1. The van der Waals surface area contributed by atoms with Crippen molar-refractivity contribution in [3.8, 4) is 11.4 Å². The molecule has 1 aliphatic carbocycles. The lowest BCUT2D eigenvalue weighted by Crippen LogP contribution is -2.24. The van der Waals surface area contributed by atoms with Crippen molar-refractivity contribution in [3.63, 3.8) is 0 Å². The van der Waals surface area contributed by atoms with Gasteiger partial charge in [-0.15, -0.1) is 0 Å². The van der Waals surface area contributed by atoms with E-state index < -0.39 is 10.0 Å². The normalized spacial score (nSPS) is 14.5. The van der Waals surface area contributed by atoms with E-state index in [2.05, 4.69) is 25.0 Å². The second kappa shape index (κ2) is 10.0. The Morgan fingerprint density at radius 3 is 2.42 bits per heavy atom. The Balaban J connectivity index is 1.41. The number of fused-ring (bicyclic) bond motifs is 1. The molecule has 2 N–H and O–H groups in total. The van der Waals surface area contributed by atoms with Crippen LogP contribution >= 0.6 is 0 Å². The standard InChI is InChI=1S/C27H27N5O3S/c1-18-7-5-15-28-24(18)23-17-20-10-6-16-29-25(20)26(31-23)32-36(34,35)22-13-11-21(12-14-22)30-27(33)19-8-3-2-4-9-19/h5-7,10-17,19H,2-4,8-9H2,1H3,(H,30,33)(H,31,32). The molecule has 0 radical (unpaired) electrons. The summed E-state index contributed by atoms with van der Waals surface area (Å²) in [7, 11) is -3.97. The van der Waals surface area contributed by atoms with Crippen LogP contribution in [0.25, 0.3) is 22.3 Å². The number of aromatic nitrogens is 3. The summed E-state index contributed by atoms with van der Waals surface area (Å²) in [4.78, 5) is 25.9. The van der Waals surface area contributed by atoms with Gasteiger partial charge in [-0.05, 0) is 67.8 Å². The third-order valence-corrected chi connectivity index (χ3v) is 7.83. The molecule has 0 spiro atoms. The zero-order valence-corrected chi connectivity index (χ0v) is 20.8. The van der Waals surface area contributed by atoms with Crippen LogP contribution in [0.5, 0.6) is 0 Å². The first-order valence-electron chi connectivity index (χ1n) is 12.0. The number of hydrogen-bond donors (Lipinski definition) is 2. The van der Waals surface area contributed by atoms with E-state index in [0.717, 1.165) is 36.6 Å². The number of carbonyl (C=O) groups is 1. The van der Waals surface area contributed by atoms with Gasteiger partial charge in [-0.1, -0.05) is 31.4 Å². The van der Waals surface area contributed by atoms with Crippen molar-refractivity contribution in [1.82, 2.24) is 15.0 Å². The fourth-order valence-corrected chi connectivity index (χ4v) is 5.55. The predicted molar refractivity (Wildman–Crippen MR) is 140 cm³/mol. The van der Waals surface area contributed by atoms with Gasteiger partial charge in [-0.2, -0.15) is 0 Å². The number of nitrogens with one attached hydrogen (secondary N) is 2. The quantitative estimate of drug-likeness (QED) is 0.370. The molecular weight excluding hydrogens is 474 g/mol. The van der Waals surface area contributed by atoms with Crippen molar-refractivity contribution in [2.45, 2.75) is 43.9 Å². The summed E-state index contributed by atoms with van der Waals surface area (Å²) in [6, 6.07) is 15.4. The summed E-state index contributed by atoms with van der Waals surface area (Å²) < 4.78 is 29.1. The maximum Gasteiger partial charge on any atom is 0.263 e. The highest BCUT2D eigenvalue weighted by Gasteiger charge is 2.22. The molecule has 0 atom stereocenters. The third-order valence-electron chi connectivity index (χ3n) is 6.48. The molecule has 0 unspecified atom stereocenters. The van der Waals surface area contributed by atoms with Crippen LogP contribution in [0.4, 0.5) is 11.5 Å². The summed E-state index contributed by atoms with van der Waals surface area (Å²) in [6.45, 7) is 1.93. The lowest BCUT2D eigenvalue weighted by molar-refractivity contribution is -0.120. The van der Waals surface area contributed by atoms with Crippen LogP contribution in [0, 0.1) is 12.8 Å². The molecule has 3 heterocycles. The van der Waals surface area contributed by atoms with Crippen LogP contribution in [0.3, 0.4) is 0 Å². The van der Waals surface area contributed by atoms with Gasteiger partial charge in [0.15, 0.2) is 5.82 Å². The van der Waals surface area contributed by atoms with Crippen LogP contribution < -0.4 is 10.0 Å². The van der Waals surface area contributed by atoms with Crippen LogP contribution in [-0.4, -0.2) is 29.3 Å². The zero-order valence-electron chi connectivity index (χ0n) is 19.9. The molecule has 0 saturated heterocycles. The largest absolute Gasteiger partial charge is 0.326 e. The second-order valence-corrected chi connectivity index (χ2v) is 10.7. The van der Waals surface area contributed by atoms with Gasteiger partial charge in [0.2, 0.25) is 5.91 Å². The lowest BCUT2D eigenvalue weighted by Gasteiger charge is -2.20. The lowest BCUT2D eigenvalue weighted by atomic mass is 9.88. The summed E-state index contributed by atoms with van der Waals surface area (Å²) in [5.74, 6) is 0.139. The molecule has 1 saturated carbocycles. The van der Waals surface area contributed by atoms with E-state index in [0.29, 0.717) is 22.6 Å². The Labute approximate surface area is 210 Å². The molecule has 3 aromatic heterocycles. The number of anilines is 2. The Morgan fingerprint density at radius 1 is 0.944 bits per heavy atom. The highest BCUT2D eigenvalue weighted by molar-refractivity contribution is 7.92. The molecule has 1 aliphatic rings. The molecule has 1 amide bonds. The number of pyridine rings is 3.